The molecule has 0 atom stereocenters. The van der Waals surface area contributed by atoms with Crippen LogP contribution in [-0.2, 0) is 17.6 Å². The van der Waals surface area contributed by atoms with Crippen molar-refractivity contribution in [2.24, 2.45) is 0 Å². The second-order valence-electron chi connectivity index (χ2n) is 4.34. The Labute approximate surface area is 117 Å². The fourth-order valence-corrected chi connectivity index (χ4v) is 2.33. The van der Waals surface area contributed by atoms with E-state index in [1.54, 1.807) is 14.0 Å². The van der Waals surface area contributed by atoms with Gasteiger partial charge in [0.1, 0.15) is 11.3 Å². The first-order valence-electron chi connectivity index (χ1n) is 6.47. The number of anilines is 1. The van der Waals surface area contributed by atoms with Crippen LogP contribution in [0.4, 0.5) is 5.88 Å². The van der Waals surface area contributed by atoms with Crippen molar-refractivity contribution in [2.75, 3.05) is 19.0 Å². The zero-order valence-electron chi connectivity index (χ0n) is 11.2. The molecule has 2 N–H and O–H groups in total. The molecule has 1 aliphatic carbocycles. The summed E-state index contributed by atoms with van der Waals surface area (Å²) >= 11 is 5.05. The Morgan fingerprint density at radius 1 is 1.42 bits per heavy atom. The number of furan rings is 1. The summed E-state index contributed by atoms with van der Waals surface area (Å²) in [6, 6.07) is 0. The molecule has 0 aromatic carbocycles. The predicted octanol–water partition coefficient (Wildman–Crippen LogP) is 2.25. The second kappa shape index (κ2) is 6.06. The van der Waals surface area contributed by atoms with Crippen LogP contribution in [0.25, 0.3) is 0 Å². The molecule has 0 bridgehead atoms. The molecule has 0 aliphatic heterocycles. The summed E-state index contributed by atoms with van der Waals surface area (Å²) in [5.74, 6) is 0.913. The molecule has 2 rings (SSSR count). The van der Waals surface area contributed by atoms with E-state index < -0.39 is 0 Å². The summed E-state index contributed by atoms with van der Waals surface area (Å²) in [4.78, 5) is 12.1. The van der Waals surface area contributed by atoms with Crippen molar-refractivity contribution in [3.05, 3.63) is 16.9 Å². The first-order chi connectivity index (χ1) is 9.17. The summed E-state index contributed by atoms with van der Waals surface area (Å²) in [6.07, 6.45) is 3.85. The zero-order chi connectivity index (χ0) is 13.8. The summed E-state index contributed by atoms with van der Waals surface area (Å²) in [5, 5.41) is 6.12. The van der Waals surface area contributed by atoms with Gasteiger partial charge in [0.05, 0.1) is 6.61 Å². The summed E-state index contributed by atoms with van der Waals surface area (Å²) < 4.78 is 10.8. The van der Waals surface area contributed by atoms with Gasteiger partial charge < -0.3 is 19.8 Å². The number of thiocarbonyl (C=S) groups is 1. The normalized spacial score (nSPS) is 13.6. The lowest BCUT2D eigenvalue weighted by Crippen LogP contribution is -2.25. The second-order valence-corrected chi connectivity index (χ2v) is 4.75. The molecule has 1 aromatic rings. The molecule has 1 aromatic heterocycles. The number of aryl methyl sites for hydroxylation is 1. The largest absolute Gasteiger partial charge is 0.462 e. The van der Waals surface area contributed by atoms with Crippen LogP contribution in [0, 0.1) is 0 Å². The van der Waals surface area contributed by atoms with Gasteiger partial charge >= 0.3 is 5.97 Å². The molecule has 0 saturated heterocycles. The van der Waals surface area contributed by atoms with Crippen molar-refractivity contribution in [3.63, 3.8) is 0 Å². The topological polar surface area (TPSA) is 63.5 Å². The average Bonchev–Trinajstić information content (AvgIpc) is 2.76. The third kappa shape index (κ3) is 2.89. The Bertz CT molecular complexity index is 496. The summed E-state index contributed by atoms with van der Waals surface area (Å²) in [5.41, 5.74) is 1.46. The molecular weight excluding hydrogens is 264 g/mol. The van der Waals surface area contributed by atoms with Crippen LogP contribution in [0.5, 0.6) is 0 Å². The van der Waals surface area contributed by atoms with Crippen molar-refractivity contribution in [2.45, 2.75) is 32.6 Å². The van der Waals surface area contributed by atoms with Gasteiger partial charge in [0.15, 0.2) is 5.11 Å². The van der Waals surface area contributed by atoms with E-state index in [4.69, 9.17) is 21.4 Å². The standard InChI is InChI=1S/C13H18N2O3S/c1-3-17-12(16)10-8-6-4-5-7-9(8)18-11(10)15-13(19)14-2/h3-7H2,1-2H3,(H2,14,15,19). The minimum Gasteiger partial charge on any atom is -0.462 e. The van der Waals surface area contributed by atoms with Crippen molar-refractivity contribution >= 4 is 29.2 Å². The van der Waals surface area contributed by atoms with Crippen molar-refractivity contribution in [1.29, 1.82) is 0 Å². The quantitative estimate of drug-likeness (QED) is 0.655. The maximum atomic E-state index is 12.1. The van der Waals surface area contributed by atoms with E-state index in [1.165, 1.54) is 0 Å². The SMILES string of the molecule is CCOC(=O)c1c(NC(=S)NC)oc2c1CCCC2. The van der Waals surface area contributed by atoms with E-state index in [9.17, 15) is 4.79 Å². The number of ether oxygens (including phenoxy) is 1. The molecule has 19 heavy (non-hydrogen) atoms. The Balaban J connectivity index is 2.37. The number of hydrogen-bond donors (Lipinski definition) is 2. The third-order valence-electron chi connectivity index (χ3n) is 3.10. The Hall–Kier alpha value is -1.56. The summed E-state index contributed by atoms with van der Waals surface area (Å²) in [7, 11) is 1.71. The molecular formula is C13H18N2O3S. The predicted molar refractivity (Wildman–Crippen MR) is 76.6 cm³/mol. The Morgan fingerprint density at radius 2 is 2.16 bits per heavy atom. The highest BCUT2D eigenvalue weighted by Crippen LogP contribution is 2.33. The smallest absolute Gasteiger partial charge is 0.344 e. The number of carbonyl (C=O) groups excluding carboxylic acids is 1. The lowest BCUT2D eigenvalue weighted by atomic mass is 9.95. The van der Waals surface area contributed by atoms with Gasteiger partial charge in [0, 0.05) is 19.0 Å². The molecule has 0 saturated carbocycles. The van der Waals surface area contributed by atoms with E-state index in [1.807, 2.05) is 0 Å². The van der Waals surface area contributed by atoms with Gasteiger partial charge in [-0.3, -0.25) is 0 Å². The van der Waals surface area contributed by atoms with Gasteiger partial charge in [0.2, 0.25) is 5.88 Å². The number of nitrogens with one attached hydrogen (secondary N) is 2. The highest BCUT2D eigenvalue weighted by Gasteiger charge is 2.28. The molecule has 0 unspecified atom stereocenters. The van der Waals surface area contributed by atoms with Crippen LogP contribution in [0.2, 0.25) is 0 Å². The lowest BCUT2D eigenvalue weighted by molar-refractivity contribution is 0.0526. The maximum Gasteiger partial charge on any atom is 0.344 e. The lowest BCUT2D eigenvalue weighted by Gasteiger charge is -2.10. The molecule has 0 spiro atoms. The molecule has 5 nitrogen and oxygen atoms in total. The van der Waals surface area contributed by atoms with Gasteiger partial charge in [-0.1, -0.05) is 0 Å². The minimum atomic E-state index is -0.351. The van der Waals surface area contributed by atoms with Crippen LogP contribution in [0.1, 0.15) is 41.4 Å². The molecule has 6 heteroatoms. The van der Waals surface area contributed by atoms with Crippen LogP contribution in [0.3, 0.4) is 0 Å². The average molecular weight is 282 g/mol. The van der Waals surface area contributed by atoms with Crippen molar-refractivity contribution < 1.29 is 13.9 Å². The van der Waals surface area contributed by atoms with Gasteiger partial charge in [-0.15, -0.1) is 0 Å². The molecule has 0 radical (unpaired) electrons. The molecule has 104 valence electrons. The molecule has 0 fully saturated rings. The number of rotatable bonds is 3. The Morgan fingerprint density at radius 3 is 2.84 bits per heavy atom. The third-order valence-corrected chi connectivity index (χ3v) is 3.41. The first-order valence-corrected chi connectivity index (χ1v) is 6.88. The number of hydrogen-bond acceptors (Lipinski definition) is 4. The van der Waals surface area contributed by atoms with Gasteiger partial charge in [-0.05, 0) is 38.4 Å². The fraction of sp³-hybridized carbons (Fsp3) is 0.538. The molecule has 0 amide bonds. The monoisotopic (exact) mass is 282 g/mol. The minimum absolute atomic E-state index is 0.342. The Kier molecular flexibility index (Phi) is 4.42. The number of fused-ring (bicyclic) bond motifs is 1. The van der Waals surface area contributed by atoms with Crippen molar-refractivity contribution in [3.8, 4) is 0 Å². The van der Waals surface area contributed by atoms with Crippen LogP contribution in [0.15, 0.2) is 4.42 Å². The fourth-order valence-electron chi connectivity index (χ4n) is 2.24. The van der Waals surface area contributed by atoms with Crippen LogP contribution >= 0.6 is 12.2 Å². The molecule has 1 heterocycles. The number of esters is 1. The first kappa shape index (κ1) is 13.9. The number of carbonyl (C=O) groups is 1. The van der Waals surface area contributed by atoms with Crippen LogP contribution < -0.4 is 10.6 Å². The zero-order valence-corrected chi connectivity index (χ0v) is 12.0. The van der Waals surface area contributed by atoms with Crippen molar-refractivity contribution in [1.82, 2.24) is 5.32 Å². The highest BCUT2D eigenvalue weighted by molar-refractivity contribution is 7.80. The van der Waals surface area contributed by atoms with E-state index in [-0.39, 0.29) is 5.97 Å². The van der Waals surface area contributed by atoms with E-state index >= 15 is 0 Å². The van der Waals surface area contributed by atoms with E-state index in [0.29, 0.717) is 23.2 Å². The molecule has 1 aliphatic rings. The van der Waals surface area contributed by atoms with E-state index in [2.05, 4.69) is 10.6 Å². The maximum absolute atomic E-state index is 12.1. The van der Waals surface area contributed by atoms with Gasteiger partial charge in [-0.25, -0.2) is 4.79 Å². The van der Waals surface area contributed by atoms with Gasteiger partial charge in [0.25, 0.3) is 0 Å². The van der Waals surface area contributed by atoms with E-state index in [0.717, 1.165) is 37.0 Å². The summed E-state index contributed by atoms with van der Waals surface area (Å²) in [6.45, 7) is 2.13. The highest BCUT2D eigenvalue weighted by atomic mass is 32.1. The van der Waals surface area contributed by atoms with Crippen LogP contribution in [-0.4, -0.2) is 24.7 Å². The van der Waals surface area contributed by atoms with Gasteiger partial charge in [-0.2, -0.15) is 0 Å².